The second-order valence-corrected chi connectivity index (χ2v) is 4.86. The lowest BCUT2D eigenvalue weighted by atomic mass is 10.0. The third kappa shape index (κ3) is 3.07. The van der Waals surface area contributed by atoms with Crippen LogP contribution in [0.4, 0.5) is 0 Å². The van der Waals surface area contributed by atoms with Crippen LogP contribution in [-0.2, 0) is 6.54 Å². The van der Waals surface area contributed by atoms with Crippen LogP contribution in [0.2, 0.25) is 0 Å². The van der Waals surface area contributed by atoms with Gasteiger partial charge in [-0.25, -0.2) is 9.50 Å². The van der Waals surface area contributed by atoms with E-state index in [4.69, 9.17) is 0 Å². The molecule has 4 nitrogen and oxygen atoms in total. The largest absolute Gasteiger partial charge is 0.312 e. The van der Waals surface area contributed by atoms with Crippen LogP contribution < -0.4 is 5.32 Å². The second kappa shape index (κ2) is 5.96. The molecule has 0 amide bonds. The molecule has 2 heterocycles. The third-order valence-electron chi connectivity index (χ3n) is 3.41. The average Bonchev–Trinajstić information content (AvgIpc) is 2.74. The van der Waals surface area contributed by atoms with Gasteiger partial charge in [-0.1, -0.05) is 26.7 Å². The van der Waals surface area contributed by atoms with Crippen molar-refractivity contribution in [2.45, 2.75) is 40.2 Å². The quantitative estimate of drug-likeness (QED) is 0.851. The van der Waals surface area contributed by atoms with Gasteiger partial charge in [0.1, 0.15) is 0 Å². The van der Waals surface area contributed by atoms with Gasteiger partial charge in [0.05, 0.1) is 5.69 Å². The molecule has 0 aliphatic rings. The molecule has 0 aromatic carbocycles. The van der Waals surface area contributed by atoms with Gasteiger partial charge in [-0.2, -0.15) is 5.10 Å². The lowest BCUT2D eigenvalue weighted by Crippen LogP contribution is -2.22. The van der Waals surface area contributed by atoms with Gasteiger partial charge in [0.25, 0.3) is 0 Å². The number of rotatable bonds is 6. The summed E-state index contributed by atoms with van der Waals surface area (Å²) in [5.41, 5.74) is 3.09. The Kier molecular flexibility index (Phi) is 4.31. The summed E-state index contributed by atoms with van der Waals surface area (Å²) in [6, 6.07) is 1.99. The van der Waals surface area contributed by atoms with E-state index in [2.05, 4.69) is 35.4 Å². The highest BCUT2D eigenvalue weighted by Gasteiger charge is 2.04. The maximum absolute atomic E-state index is 4.40. The van der Waals surface area contributed by atoms with Crippen molar-refractivity contribution in [2.75, 3.05) is 6.54 Å². The smallest absolute Gasteiger partial charge is 0.155 e. The highest BCUT2D eigenvalue weighted by atomic mass is 15.2. The molecule has 4 heteroatoms. The highest BCUT2D eigenvalue weighted by Crippen LogP contribution is 2.07. The van der Waals surface area contributed by atoms with Gasteiger partial charge >= 0.3 is 0 Å². The maximum Gasteiger partial charge on any atom is 0.155 e. The number of fused-ring (bicyclic) bond motifs is 1. The molecule has 0 fully saturated rings. The van der Waals surface area contributed by atoms with Crippen molar-refractivity contribution >= 4 is 5.65 Å². The van der Waals surface area contributed by atoms with Crippen molar-refractivity contribution in [3.8, 4) is 0 Å². The van der Waals surface area contributed by atoms with Gasteiger partial charge in [0.15, 0.2) is 5.65 Å². The molecule has 0 radical (unpaired) electrons. The minimum atomic E-state index is 0.772. The Morgan fingerprint density at radius 2 is 2.11 bits per heavy atom. The van der Waals surface area contributed by atoms with Crippen molar-refractivity contribution in [3.05, 3.63) is 29.7 Å². The van der Waals surface area contributed by atoms with E-state index < -0.39 is 0 Å². The van der Waals surface area contributed by atoms with Gasteiger partial charge < -0.3 is 5.32 Å². The molecule has 98 valence electrons. The Morgan fingerprint density at radius 1 is 1.33 bits per heavy atom. The summed E-state index contributed by atoms with van der Waals surface area (Å²) in [5, 5.41) is 7.87. The molecule has 2 aromatic rings. The number of hydrogen-bond donors (Lipinski definition) is 1. The molecule has 0 spiro atoms. The first kappa shape index (κ1) is 13.0. The predicted molar refractivity (Wildman–Crippen MR) is 73.5 cm³/mol. The normalized spacial score (nSPS) is 11.6. The Labute approximate surface area is 108 Å². The van der Waals surface area contributed by atoms with E-state index in [0.717, 1.165) is 30.3 Å². The molecule has 2 rings (SSSR count). The van der Waals surface area contributed by atoms with Crippen molar-refractivity contribution < 1.29 is 0 Å². The fraction of sp³-hybridized carbons (Fsp3) is 0.571. The van der Waals surface area contributed by atoms with Crippen molar-refractivity contribution in [1.82, 2.24) is 19.9 Å². The molecular weight excluding hydrogens is 224 g/mol. The molecule has 0 atom stereocenters. The summed E-state index contributed by atoms with van der Waals surface area (Å²) < 4.78 is 1.85. The number of hydrogen-bond acceptors (Lipinski definition) is 3. The SMILES string of the molecule is CCC(CC)CNCc1cnc2cc(C)nn2c1. The number of nitrogens with one attached hydrogen (secondary N) is 1. The molecule has 0 aliphatic carbocycles. The van der Waals surface area contributed by atoms with Gasteiger partial charge in [0.2, 0.25) is 0 Å². The highest BCUT2D eigenvalue weighted by molar-refractivity contribution is 5.38. The minimum Gasteiger partial charge on any atom is -0.312 e. The van der Waals surface area contributed by atoms with E-state index in [1.54, 1.807) is 0 Å². The molecule has 0 unspecified atom stereocenters. The Bertz CT molecular complexity index is 499. The van der Waals surface area contributed by atoms with E-state index in [9.17, 15) is 0 Å². The predicted octanol–water partition coefficient (Wildman–Crippen LogP) is 2.56. The van der Waals surface area contributed by atoms with Crippen LogP contribution in [0.1, 0.15) is 37.9 Å². The standard InChI is InChI=1S/C14H22N4/c1-4-12(5-2)7-15-8-13-9-16-14-6-11(3)17-18(14)10-13/h6,9-10,12,15H,4-5,7-8H2,1-3H3. The summed E-state index contributed by atoms with van der Waals surface area (Å²) in [6.45, 7) is 8.41. The number of aryl methyl sites for hydroxylation is 1. The summed E-state index contributed by atoms with van der Waals surface area (Å²) in [4.78, 5) is 4.40. The fourth-order valence-electron chi connectivity index (χ4n) is 2.12. The fourth-order valence-corrected chi connectivity index (χ4v) is 2.12. The molecule has 2 aromatic heterocycles. The van der Waals surface area contributed by atoms with E-state index in [0.29, 0.717) is 0 Å². The molecule has 0 saturated carbocycles. The zero-order valence-electron chi connectivity index (χ0n) is 11.5. The van der Waals surface area contributed by atoms with Gasteiger partial charge in [-0.3, -0.25) is 0 Å². The van der Waals surface area contributed by atoms with Crippen molar-refractivity contribution in [1.29, 1.82) is 0 Å². The first-order chi connectivity index (χ1) is 8.72. The van der Waals surface area contributed by atoms with Gasteiger partial charge in [-0.15, -0.1) is 0 Å². The molecular formula is C14H22N4. The third-order valence-corrected chi connectivity index (χ3v) is 3.41. The minimum absolute atomic E-state index is 0.772. The Hall–Kier alpha value is -1.42. The second-order valence-electron chi connectivity index (χ2n) is 4.86. The maximum atomic E-state index is 4.40. The van der Waals surface area contributed by atoms with E-state index >= 15 is 0 Å². The molecule has 18 heavy (non-hydrogen) atoms. The van der Waals surface area contributed by atoms with Crippen LogP contribution in [0.5, 0.6) is 0 Å². The van der Waals surface area contributed by atoms with Crippen LogP contribution >= 0.6 is 0 Å². The van der Waals surface area contributed by atoms with E-state index in [-0.39, 0.29) is 0 Å². The molecule has 1 N–H and O–H groups in total. The molecule has 0 aliphatic heterocycles. The summed E-state index contributed by atoms with van der Waals surface area (Å²) in [6.07, 6.45) is 6.45. The molecule has 0 bridgehead atoms. The van der Waals surface area contributed by atoms with Crippen molar-refractivity contribution in [2.24, 2.45) is 5.92 Å². The summed E-state index contributed by atoms with van der Waals surface area (Å²) >= 11 is 0. The van der Waals surface area contributed by atoms with Crippen LogP contribution in [-0.4, -0.2) is 21.1 Å². The molecule has 0 saturated heterocycles. The lowest BCUT2D eigenvalue weighted by Gasteiger charge is -2.13. The van der Waals surface area contributed by atoms with E-state index in [1.165, 1.54) is 18.4 Å². The first-order valence-electron chi connectivity index (χ1n) is 6.74. The van der Waals surface area contributed by atoms with Crippen LogP contribution in [0.3, 0.4) is 0 Å². The van der Waals surface area contributed by atoms with Crippen LogP contribution in [0.15, 0.2) is 18.5 Å². The van der Waals surface area contributed by atoms with Crippen molar-refractivity contribution in [3.63, 3.8) is 0 Å². The van der Waals surface area contributed by atoms with Crippen LogP contribution in [0, 0.1) is 12.8 Å². The average molecular weight is 246 g/mol. The zero-order valence-corrected chi connectivity index (χ0v) is 11.5. The number of aromatic nitrogens is 3. The number of nitrogens with zero attached hydrogens (tertiary/aromatic N) is 3. The summed E-state index contributed by atoms with van der Waals surface area (Å²) in [5.74, 6) is 0.772. The monoisotopic (exact) mass is 246 g/mol. The van der Waals surface area contributed by atoms with Crippen LogP contribution in [0.25, 0.3) is 5.65 Å². The Balaban J connectivity index is 1.95. The first-order valence-corrected chi connectivity index (χ1v) is 6.74. The summed E-state index contributed by atoms with van der Waals surface area (Å²) in [7, 11) is 0. The van der Waals surface area contributed by atoms with Gasteiger partial charge in [0, 0.05) is 30.6 Å². The van der Waals surface area contributed by atoms with E-state index in [1.807, 2.05) is 23.7 Å². The van der Waals surface area contributed by atoms with Gasteiger partial charge in [-0.05, 0) is 19.4 Å². The topological polar surface area (TPSA) is 42.2 Å². The zero-order chi connectivity index (χ0) is 13.0. The lowest BCUT2D eigenvalue weighted by molar-refractivity contribution is 0.449. The Morgan fingerprint density at radius 3 is 2.83 bits per heavy atom.